The summed E-state index contributed by atoms with van der Waals surface area (Å²) in [5.74, 6) is 0.594. The molecule has 0 aromatic heterocycles. The van der Waals surface area contributed by atoms with Crippen LogP contribution in [0.2, 0.25) is 5.02 Å². The minimum Gasteiger partial charge on any atom is -0.485 e. The van der Waals surface area contributed by atoms with E-state index in [4.69, 9.17) is 16.3 Å². The van der Waals surface area contributed by atoms with Crippen LogP contribution in [0.1, 0.15) is 13.3 Å². The first-order valence-corrected chi connectivity index (χ1v) is 11.2. The number of carbonyl (C=O) groups is 2. The summed E-state index contributed by atoms with van der Waals surface area (Å²) in [7, 11) is 1.77. The number of ether oxygens (including phenoxy) is 1. The highest BCUT2D eigenvalue weighted by Gasteiger charge is 2.32. The molecule has 2 aromatic rings. The van der Waals surface area contributed by atoms with Crippen molar-refractivity contribution >= 4 is 46.6 Å². The number of anilines is 2. The van der Waals surface area contributed by atoms with Gasteiger partial charge < -0.3 is 19.9 Å². The van der Waals surface area contributed by atoms with Crippen LogP contribution in [-0.4, -0.2) is 54.8 Å². The predicted octanol–water partition coefficient (Wildman–Crippen LogP) is 3.89. The third kappa shape index (κ3) is 4.37. The Balaban J connectivity index is 1.37. The Morgan fingerprint density at radius 3 is 2.93 bits per heavy atom. The number of thioether (sulfide) groups is 1. The van der Waals surface area contributed by atoms with E-state index in [1.165, 1.54) is 11.8 Å². The first kappa shape index (κ1) is 20.9. The van der Waals surface area contributed by atoms with Crippen molar-refractivity contribution in [3.63, 3.8) is 0 Å². The molecule has 30 heavy (non-hydrogen) atoms. The molecule has 0 aliphatic carbocycles. The number of halogens is 1. The molecular weight excluding hydrogens is 422 g/mol. The maximum atomic E-state index is 12.8. The number of hydrogen-bond donors (Lipinski definition) is 1. The van der Waals surface area contributed by atoms with Crippen molar-refractivity contribution in [2.24, 2.45) is 0 Å². The van der Waals surface area contributed by atoms with Crippen LogP contribution in [0.15, 0.2) is 47.4 Å². The van der Waals surface area contributed by atoms with Crippen molar-refractivity contribution in [2.75, 3.05) is 36.9 Å². The fraction of sp³-hybridized carbons (Fsp3) is 0.364. The van der Waals surface area contributed by atoms with E-state index in [9.17, 15) is 9.59 Å². The number of carbonyl (C=O) groups excluding carboxylic acids is 2. The minimum absolute atomic E-state index is 0.0782. The van der Waals surface area contributed by atoms with Gasteiger partial charge in [0.2, 0.25) is 11.8 Å². The van der Waals surface area contributed by atoms with Crippen molar-refractivity contribution in [3.05, 3.63) is 47.5 Å². The van der Waals surface area contributed by atoms with Crippen molar-refractivity contribution in [1.82, 2.24) is 4.90 Å². The number of rotatable bonds is 5. The highest BCUT2D eigenvalue weighted by atomic mass is 35.5. The number of hydrogen-bond acceptors (Lipinski definition) is 5. The fourth-order valence-electron chi connectivity index (χ4n) is 3.75. The van der Waals surface area contributed by atoms with E-state index in [1.54, 1.807) is 24.1 Å². The van der Waals surface area contributed by atoms with Crippen LogP contribution in [0.25, 0.3) is 0 Å². The number of nitrogens with one attached hydrogen (secondary N) is 1. The van der Waals surface area contributed by atoms with Gasteiger partial charge in [-0.15, -0.1) is 11.8 Å². The highest BCUT2D eigenvalue weighted by molar-refractivity contribution is 8.01. The summed E-state index contributed by atoms with van der Waals surface area (Å²) in [6, 6.07) is 13.3. The molecule has 158 valence electrons. The molecule has 0 saturated heterocycles. The molecule has 2 aliphatic rings. The maximum Gasteiger partial charge on any atom is 0.238 e. The topological polar surface area (TPSA) is 61.9 Å². The molecule has 0 bridgehead atoms. The number of nitrogens with zero attached hydrogens (tertiary/aromatic N) is 2. The molecule has 0 saturated carbocycles. The molecule has 2 aliphatic heterocycles. The third-order valence-electron chi connectivity index (χ3n) is 5.33. The molecule has 2 aromatic carbocycles. The SMILES string of the molecule is CCN1CC(CN(C)C(=O)CC2Sc3ccc(Cl)cc3NC2=O)Oc2ccccc21. The highest BCUT2D eigenvalue weighted by Crippen LogP contribution is 2.38. The minimum atomic E-state index is -0.464. The Labute approximate surface area is 185 Å². The molecular formula is C22H24ClN3O3S. The Morgan fingerprint density at radius 2 is 2.13 bits per heavy atom. The van der Waals surface area contributed by atoms with Crippen LogP contribution >= 0.6 is 23.4 Å². The van der Waals surface area contributed by atoms with E-state index in [0.29, 0.717) is 17.3 Å². The van der Waals surface area contributed by atoms with Gasteiger partial charge in [0.15, 0.2) is 0 Å². The second kappa shape index (κ2) is 8.78. The second-order valence-corrected chi connectivity index (χ2v) is 9.14. The molecule has 2 atom stereocenters. The van der Waals surface area contributed by atoms with Crippen molar-refractivity contribution in [2.45, 2.75) is 29.6 Å². The standard InChI is InChI=1S/C22H24ClN3O3S/c1-3-26-13-15(29-18-7-5-4-6-17(18)26)12-25(2)21(27)11-20-22(28)24-16-10-14(23)8-9-19(16)30-20/h4-10,15,20H,3,11-13H2,1-2H3,(H,24,28). The summed E-state index contributed by atoms with van der Waals surface area (Å²) in [6.45, 7) is 4.17. The van der Waals surface area contributed by atoms with E-state index in [0.717, 1.165) is 29.4 Å². The molecule has 1 N–H and O–H groups in total. The van der Waals surface area contributed by atoms with E-state index in [-0.39, 0.29) is 24.3 Å². The number of fused-ring (bicyclic) bond motifs is 2. The third-order valence-corrected chi connectivity index (χ3v) is 6.84. The fourth-order valence-corrected chi connectivity index (χ4v) is 5.01. The van der Waals surface area contributed by atoms with Gasteiger partial charge in [-0.2, -0.15) is 0 Å². The van der Waals surface area contributed by atoms with Gasteiger partial charge in [-0.3, -0.25) is 9.59 Å². The predicted molar refractivity (Wildman–Crippen MR) is 121 cm³/mol. The maximum absolute atomic E-state index is 12.8. The summed E-state index contributed by atoms with van der Waals surface area (Å²) >= 11 is 7.40. The van der Waals surface area contributed by atoms with Crippen LogP contribution in [0, 0.1) is 0 Å². The Hall–Kier alpha value is -2.38. The van der Waals surface area contributed by atoms with Gasteiger partial charge in [0.25, 0.3) is 0 Å². The zero-order chi connectivity index (χ0) is 21.3. The van der Waals surface area contributed by atoms with E-state index < -0.39 is 5.25 Å². The van der Waals surface area contributed by atoms with Gasteiger partial charge >= 0.3 is 0 Å². The second-order valence-electron chi connectivity index (χ2n) is 7.46. The number of benzene rings is 2. The molecule has 6 nitrogen and oxygen atoms in total. The lowest BCUT2D eigenvalue weighted by Crippen LogP contribution is -2.47. The molecule has 8 heteroatoms. The monoisotopic (exact) mass is 445 g/mol. The van der Waals surface area contributed by atoms with Crippen LogP contribution in [0.5, 0.6) is 5.75 Å². The summed E-state index contributed by atoms with van der Waals surface area (Å²) in [6.07, 6.45) is 0.0140. The average Bonchev–Trinajstić information content (AvgIpc) is 2.73. The van der Waals surface area contributed by atoms with Crippen molar-refractivity contribution in [1.29, 1.82) is 0 Å². The number of likely N-dealkylation sites (N-methyl/N-ethyl adjacent to an activating group) is 2. The summed E-state index contributed by atoms with van der Waals surface area (Å²) < 4.78 is 6.12. The van der Waals surface area contributed by atoms with Gasteiger partial charge in [-0.25, -0.2) is 0 Å². The number of amides is 2. The van der Waals surface area contributed by atoms with Gasteiger partial charge in [-0.05, 0) is 37.3 Å². The quantitative estimate of drug-likeness (QED) is 0.756. The van der Waals surface area contributed by atoms with Gasteiger partial charge in [0.1, 0.15) is 11.9 Å². The Kier molecular flexibility index (Phi) is 6.11. The summed E-state index contributed by atoms with van der Waals surface area (Å²) in [5, 5.41) is 2.96. The molecule has 0 fully saturated rings. The summed E-state index contributed by atoms with van der Waals surface area (Å²) in [5.41, 5.74) is 1.78. The molecule has 2 heterocycles. The molecule has 0 spiro atoms. The summed E-state index contributed by atoms with van der Waals surface area (Å²) in [4.78, 5) is 30.1. The average molecular weight is 446 g/mol. The lowest BCUT2D eigenvalue weighted by Gasteiger charge is -2.37. The Bertz CT molecular complexity index is 970. The first-order valence-electron chi connectivity index (χ1n) is 9.96. The zero-order valence-electron chi connectivity index (χ0n) is 16.9. The molecule has 2 unspecified atom stereocenters. The number of para-hydroxylation sites is 2. The van der Waals surface area contributed by atoms with Gasteiger partial charge in [0.05, 0.1) is 29.7 Å². The Morgan fingerprint density at radius 1 is 1.33 bits per heavy atom. The van der Waals surface area contributed by atoms with Crippen molar-refractivity contribution < 1.29 is 14.3 Å². The molecule has 4 rings (SSSR count). The first-order chi connectivity index (χ1) is 14.4. The zero-order valence-corrected chi connectivity index (χ0v) is 18.5. The normalized spacial score (nSPS) is 20.0. The van der Waals surface area contributed by atoms with Crippen LogP contribution in [0.4, 0.5) is 11.4 Å². The van der Waals surface area contributed by atoms with E-state index in [1.807, 2.05) is 30.3 Å². The van der Waals surface area contributed by atoms with Crippen LogP contribution in [0.3, 0.4) is 0 Å². The van der Waals surface area contributed by atoms with Crippen molar-refractivity contribution in [3.8, 4) is 5.75 Å². The smallest absolute Gasteiger partial charge is 0.238 e. The van der Waals surface area contributed by atoms with E-state index >= 15 is 0 Å². The lowest BCUT2D eigenvalue weighted by molar-refractivity contribution is -0.132. The van der Waals surface area contributed by atoms with Crippen LogP contribution in [-0.2, 0) is 9.59 Å². The molecule has 0 radical (unpaired) electrons. The van der Waals surface area contributed by atoms with Gasteiger partial charge in [-0.1, -0.05) is 23.7 Å². The largest absolute Gasteiger partial charge is 0.485 e. The molecule has 2 amide bonds. The van der Waals surface area contributed by atoms with E-state index in [2.05, 4.69) is 17.1 Å². The van der Waals surface area contributed by atoms with Gasteiger partial charge in [0, 0.05) is 29.9 Å². The lowest BCUT2D eigenvalue weighted by atomic mass is 10.1. The van der Waals surface area contributed by atoms with Crippen LogP contribution < -0.4 is 15.0 Å².